The smallest absolute Gasteiger partial charge is 0.342 e. The van der Waals surface area contributed by atoms with Gasteiger partial charge in [0.1, 0.15) is 17.4 Å². The van der Waals surface area contributed by atoms with Crippen molar-refractivity contribution in [1.82, 2.24) is 15.0 Å². The molecule has 1 aromatic heterocycles. The zero-order chi connectivity index (χ0) is 15.0. The number of cyclic esters (lactones) is 1. The molecular weight excluding hydrogens is 296 g/mol. The van der Waals surface area contributed by atoms with Crippen LogP contribution < -0.4 is 10.1 Å². The number of carbonyl (C=O) groups excluding carboxylic acids is 1. The summed E-state index contributed by atoms with van der Waals surface area (Å²) in [6.45, 7) is 1.80. The second kappa shape index (κ2) is 5.17. The SMILES string of the molecule is CNc1nc(Cl)nc(Oc2cccc3c2C(=O)OC3C)n1. The van der Waals surface area contributed by atoms with Crippen LogP contribution in [0.4, 0.5) is 5.95 Å². The van der Waals surface area contributed by atoms with E-state index in [4.69, 9.17) is 21.1 Å². The molecule has 1 atom stereocenters. The molecule has 0 amide bonds. The van der Waals surface area contributed by atoms with Crippen molar-refractivity contribution in [3.63, 3.8) is 0 Å². The standard InChI is InChI=1S/C13H11ClN4O3/c1-6-7-4-3-5-8(9(7)10(19)20-6)21-13-17-11(14)16-12(15-2)18-13/h3-6H,1-2H3,(H,15,16,17,18). The maximum Gasteiger partial charge on any atom is 0.342 e. The molecule has 0 fully saturated rings. The average Bonchev–Trinajstić information content (AvgIpc) is 2.74. The molecule has 21 heavy (non-hydrogen) atoms. The van der Waals surface area contributed by atoms with E-state index in [-0.39, 0.29) is 23.3 Å². The van der Waals surface area contributed by atoms with E-state index in [0.29, 0.717) is 11.3 Å². The minimum Gasteiger partial charge on any atom is -0.454 e. The second-order valence-electron chi connectivity index (χ2n) is 4.33. The van der Waals surface area contributed by atoms with Gasteiger partial charge in [-0.1, -0.05) is 12.1 Å². The van der Waals surface area contributed by atoms with Crippen LogP contribution in [0.1, 0.15) is 28.9 Å². The Morgan fingerprint density at radius 3 is 2.90 bits per heavy atom. The maximum absolute atomic E-state index is 11.9. The van der Waals surface area contributed by atoms with Gasteiger partial charge in [0.05, 0.1) is 0 Å². The minimum atomic E-state index is -0.429. The van der Waals surface area contributed by atoms with Gasteiger partial charge in [-0.15, -0.1) is 0 Å². The van der Waals surface area contributed by atoms with Crippen LogP contribution in [-0.2, 0) is 4.74 Å². The van der Waals surface area contributed by atoms with Crippen molar-refractivity contribution in [2.45, 2.75) is 13.0 Å². The van der Waals surface area contributed by atoms with Gasteiger partial charge in [0.25, 0.3) is 0 Å². The molecule has 1 unspecified atom stereocenters. The highest BCUT2D eigenvalue weighted by molar-refractivity contribution is 6.28. The molecule has 2 aromatic rings. The maximum atomic E-state index is 11.9. The summed E-state index contributed by atoms with van der Waals surface area (Å²) >= 11 is 5.79. The van der Waals surface area contributed by atoms with Crippen LogP contribution >= 0.6 is 11.6 Å². The fourth-order valence-electron chi connectivity index (χ4n) is 2.06. The third kappa shape index (κ3) is 2.47. The van der Waals surface area contributed by atoms with E-state index in [1.807, 2.05) is 6.07 Å². The Morgan fingerprint density at radius 1 is 1.33 bits per heavy atom. The van der Waals surface area contributed by atoms with Crippen LogP contribution in [0.15, 0.2) is 18.2 Å². The number of nitrogens with one attached hydrogen (secondary N) is 1. The van der Waals surface area contributed by atoms with Crippen LogP contribution in [0.3, 0.4) is 0 Å². The molecule has 0 saturated carbocycles. The molecular formula is C13H11ClN4O3. The Hall–Kier alpha value is -2.41. The number of aromatic nitrogens is 3. The molecule has 8 heteroatoms. The quantitative estimate of drug-likeness (QED) is 0.872. The van der Waals surface area contributed by atoms with Crippen molar-refractivity contribution in [3.8, 4) is 11.8 Å². The van der Waals surface area contributed by atoms with E-state index in [0.717, 1.165) is 5.56 Å². The van der Waals surface area contributed by atoms with E-state index in [2.05, 4.69) is 20.3 Å². The number of esters is 1. The Kier molecular flexibility index (Phi) is 3.34. The van der Waals surface area contributed by atoms with Crippen molar-refractivity contribution in [1.29, 1.82) is 0 Å². The highest BCUT2D eigenvalue weighted by Gasteiger charge is 2.31. The Morgan fingerprint density at radius 2 is 2.14 bits per heavy atom. The number of hydrogen-bond acceptors (Lipinski definition) is 7. The Balaban J connectivity index is 2.00. The summed E-state index contributed by atoms with van der Waals surface area (Å²) in [4.78, 5) is 23.6. The van der Waals surface area contributed by atoms with E-state index in [1.165, 1.54) is 0 Å². The van der Waals surface area contributed by atoms with Crippen LogP contribution in [0.25, 0.3) is 0 Å². The number of benzene rings is 1. The number of anilines is 1. The molecule has 1 aliphatic heterocycles. The minimum absolute atomic E-state index is 0.0000954. The largest absolute Gasteiger partial charge is 0.454 e. The molecule has 3 rings (SSSR count). The first-order valence-corrected chi connectivity index (χ1v) is 6.57. The monoisotopic (exact) mass is 306 g/mol. The number of rotatable bonds is 3. The first-order valence-electron chi connectivity index (χ1n) is 6.19. The Bertz CT molecular complexity index is 723. The molecule has 0 saturated heterocycles. The summed E-state index contributed by atoms with van der Waals surface area (Å²) in [5.74, 6) is 0.168. The van der Waals surface area contributed by atoms with Crippen molar-refractivity contribution in [2.75, 3.05) is 12.4 Å². The number of fused-ring (bicyclic) bond motifs is 1. The summed E-state index contributed by atoms with van der Waals surface area (Å²) in [5.41, 5.74) is 1.15. The molecule has 0 bridgehead atoms. The third-order valence-corrected chi connectivity index (χ3v) is 3.17. The highest BCUT2D eigenvalue weighted by Crippen LogP contribution is 2.37. The number of carbonyl (C=O) groups is 1. The second-order valence-corrected chi connectivity index (χ2v) is 4.67. The van der Waals surface area contributed by atoms with Crippen LogP contribution in [0.5, 0.6) is 11.8 Å². The fourth-order valence-corrected chi connectivity index (χ4v) is 2.21. The lowest BCUT2D eigenvalue weighted by molar-refractivity contribution is 0.0420. The third-order valence-electron chi connectivity index (χ3n) is 3.00. The van der Waals surface area contributed by atoms with Gasteiger partial charge < -0.3 is 14.8 Å². The summed E-state index contributed by atoms with van der Waals surface area (Å²) in [6, 6.07) is 5.24. The van der Waals surface area contributed by atoms with E-state index >= 15 is 0 Å². The highest BCUT2D eigenvalue weighted by atomic mass is 35.5. The topological polar surface area (TPSA) is 86.2 Å². The number of hydrogen-bond donors (Lipinski definition) is 1. The van der Waals surface area contributed by atoms with Gasteiger partial charge in [0.15, 0.2) is 0 Å². The van der Waals surface area contributed by atoms with Gasteiger partial charge in [0.2, 0.25) is 11.2 Å². The number of halogens is 1. The van der Waals surface area contributed by atoms with Crippen molar-refractivity contribution in [3.05, 3.63) is 34.6 Å². The first-order chi connectivity index (χ1) is 10.1. The van der Waals surface area contributed by atoms with E-state index in [9.17, 15) is 4.79 Å². The summed E-state index contributed by atoms with van der Waals surface area (Å²) < 4.78 is 10.7. The number of nitrogens with zero attached hydrogens (tertiary/aromatic N) is 3. The van der Waals surface area contributed by atoms with Crippen molar-refractivity contribution in [2.24, 2.45) is 0 Å². The Labute approximate surface area is 125 Å². The molecule has 1 aliphatic rings. The number of ether oxygens (including phenoxy) is 2. The van der Waals surface area contributed by atoms with Crippen LogP contribution in [0, 0.1) is 0 Å². The molecule has 7 nitrogen and oxygen atoms in total. The molecule has 1 aromatic carbocycles. The van der Waals surface area contributed by atoms with Crippen molar-refractivity contribution < 1.29 is 14.3 Å². The lowest BCUT2D eigenvalue weighted by atomic mass is 10.1. The predicted molar refractivity (Wildman–Crippen MR) is 74.7 cm³/mol. The molecule has 0 radical (unpaired) electrons. The summed E-state index contributed by atoms with van der Waals surface area (Å²) in [5, 5.41) is 2.74. The van der Waals surface area contributed by atoms with Gasteiger partial charge in [-0.25, -0.2) is 4.79 Å². The van der Waals surface area contributed by atoms with Crippen molar-refractivity contribution >= 4 is 23.5 Å². The van der Waals surface area contributed by atoms with Gasteiger partial charge in [0, 0.05) is 12.6 Å². The lowest BCUT2D eigenvalue weighted by Gasteiger charge is -2.08. The van der Waals surface area contributed by atoms with E-state index < -0.39 is 5.97 Å². The lowest BCUT2D eigenvalue weighted by Crippen LogP contribution is -2.03. The van der Waals surface area contributed by atoms with Crippen LogP contribution in [0.2, 0.25) is 5.28 Å². The molecule has 2 heterocycles. The van der Waals surface area contributed by atoms with Gasteiger partial charge in [-0.2, -0.15) is 15.0 Å². The average molecular weight is 307 g/mol. The zero-order valence-corrected chi connectivity index (χ0v) is 12.0. The van der Waals surface area contributed by atoms with Gasteiger partial charge >= 0.3 is 12.0 Å². The summed E-state index contributed by atoms with van der Waals surface area (Å²) in [7, 11) is 1.65. The van der Waals surface area contributed by atoms with Gasteiger partial charge in [-0.05, 0) is 24.6 Å². The zero-order valence-electron chi connectivity index (χ0n) is 11.3. The molecule has 108 valence electrons. The molecule has 0 aliphatic carbocycles. The molecule has 1 N–H and O–H groups in total. The van der Waals surface area contributed by atoms with Crippen LogP contribution in [-0.4, -0.2) is 28.0 Å². The molecule has 0 spiro atoms. The summed E-state index contributed by atoms with van der Waals surface area (Å²) in [6.07, 6.45) is -0.300. The van der Waals surface area contributed by atoms with E-state index in [1.54, 1.807) is 26.1 Å². The fraction of sp³-hybridized carbons (Fsp3) is 0.231. The first kappa shape index (κ1) is 13.6. The normalized spacial score (nSPS) is 16.3. The van der Waals surface area contributed by atoms with Gasteiger partial charge in [-0.3, -0.25) is 0 Å². The predicted octanol–water partition coefficient (Wildman–Crippen LogP) is 2.59.